The minimum absolute atomic E-state index is 0.301. The Hall–Kier alpha value is -4.03. The molecule has 0 aliphatic carbocycles. The van der Waals surface area contributed by atoms with Gasteiger partial charge >= 0.3 is 0 Å². The van der Waals surface area contributed by atoms with E-state index in [4.69, 9.17) is 0 Å². The second-order valence-electron chi connectivity index (χ2n) is 9.95. The van der Waals surface area contributed by atoms with Crippen LogP contribution in [0, 0.1) is 19.8 Å². The van der Waals surface area contributed by atoms with E-state index in [1.807, 2.05) is 36.4 Å². The number of hydrogen-bond donors (Lipinski definition) is 2. The quantitative estimate of drug-likeness (QED) is 0.360. The molecule has 0 bridgehead atoms. The van der Waals surface area contributed by atoms with Crippen LogP contribution in [0.4, 0.5) is 0 Å². The first-order valence-corrected chi connectivity index (χ1v) is 12.8. The van der Waals surface area contributed by atoms with Gasteiger partial charge in [0.05, 0.1) is 12.5 Å². The lowest BCUT2D eigenvalue weighted by Gasteiger charge is -2.22. The summed E-state index contributed by atoms with van der Waals surface area (Å²) in [6, 6.07) is 22.0. The molecule has 37 heavy (non-hydrogen) atoms. The van der Waals surface area contributed by atoms with Crippen molar-refractivity contribution in [3.63, 3.8) is 0 Å². The van der Waals surface area contributed by atoms with Gasteiger partial charge in [0.1, 0.15) is 5.69 Å². The van der Waals surface area contributed by atoms with Crippen molar-refractivity contribution in [1.82, 2.24) is 20.2 Å². The van der Waals surface area contributed by atoms with E-state index in [2.05, 4.69) is 47.7 Å². The van der Waals surface area contributed by atoms with Crippen LogP contribution in [0.5, 0.6) is 0 Å². The predicted molar refractivity (Wildman–Crippen MR) is 146 cm³/mol. The fourth-order valence-corrected chi connectivity index (χ4v) is 5.08. The van der Waals surface area contributed by atoms with Gasteiger partial charge in [-0.15, -0.1) is 0 Å². The number of benzene rings is 3. The number of piperidine rings is 1. The summed E-state index contributed by atoms with van der Waals surface area (Å²) in [5.41, 5.74) is 7.46. The summed E-state index contributed by atoms with van der Waals surface area (Å²) in [6.45, 7) is 6.32. The highest BCUT2D eigenvalue weighted by atomic mass is 16.2. The monoisotopic (exact) mass is 492 g/mol. The smallest absolute Gasteiger partial charge is 0.276 e. The summed E-state index contributed by atoms with van der Waals surface area (Å²) in [5.74, 6) is -0.228. The van der Waals surface area contributed by atoms with Crippen molar-refractivity contribution in [1.29, 1.82) is 0 Å². The zero-order chi connectivity index (χ0) is 25.8. The largest absolute Gasteiger partial charge is 0.317 e. The Morgan fingerprint density at radius 1 is 0.892 bits per heavy atom. The van der Waals surface area contributed by atoms with Crippen LogP contribution in [0.1, 0.15) is 50.4 Å². The summed E-state index contributed by atoms with van der Waals surface area (Å²) in [6.07, 6.45) is 6.44. The molecular formula is C31H32N4O2. The minimum atomic E-state index is -0.486. The lowest BCUT2D eigenvalue weighted by Crippen LogP contribution is -2.31. The molecule has 0 radical (unpaired) electrons. The normalized spacial score (nSPS) is 13.9. The Kier molecular flexibility index (Phi) is 7.28. The van der Waals surface area contributed by atoms with Crippen molar-refractivity contribution in [2.45, 2.75) is 33.1 Å². The molecule has 5 rings (SSSR count). The molecule has 2 heterocycles. The van der Waals surface area contributed by atoms with Gasteiger partial charge in [0.25, 0.3) is 11.8 Å². The van der Waals surface area contributed by atoms with Crippen LogP contribution >= 0.6 is 0 Å². The zero-order valence-electron chi connectivity index (χ0n) is 21.3. The number of rotatable bonds is 6. The third kappa shape index (κ3) is 5.87. The molecule has 1 saturated heterocycles. The molecule has 0 atom stereocenters. The van der Waals surface area contributed by atoms with E-state index in [0.29, 0.717) is 17.2 Å². The first-order valence-electron chi connectivity index (χ1n) is 12.8. The second kappa shape index (κ2) is 10.9. The number of imide groups is 1. The third-order valence-corrected chi connectivity index (χ3v) is 7.00. The first-order chi connectivity index (χ1) is 18.0. The van der Waals surface area contributed by atoms with Crippen LogP contribution in [0.15, 0.2) is 79.3 Å². The van der Waals surface area contributed by atoms with Gasteiger partial charge in [-0.3, -0.25) is 19.5 Å². The van der Waals surface area contributed by atoms with Crippen LogP contribution in [-0.2, 0) is 6.42 Å². The van der Waals surface area contributed by atoms with Gasteiger partial charge in [0.2, 0.25) is 0 Å². The van der Waals surface area contributed by atoms with Crippen LogP contribution in [0.25, 0.3) is 16.8 Å². The van der Waals surface area contributed by atoms with Gasteiger partial charge in [0.15, 0.2) is 0 Å². The van der Waals surface area contributed by atoms with E-state index in [1.165, 1.54) is 35.7 Å². The summed E-state index contributed by atoms with van der Waals surface area (Å²) < 4.78 is 1.69. The number of nitrogens with zero attached hydrogens (tertiary/aromatic N) is 2. The molecule has 4 aromatic rings. The molecule has 6 nitrogen and oxygen atoms in total. The fourth-order valence-electron chi connectivity index (χ4n) is 5.08. The molecule has 1 aliphatic rings. The maximum Gasteiger partial charge on any atom is 0.276 e. The highest BCUT2D eigenvalue weighted by molar-refractivity contribution is 6.09. The van der Waals surface area contributed by atoms with Gasteiger partial charge in [-0.2, -0.15) is 0 Å². The molecule has 0 unspecified atom stereocenters. The fraction of sp³-hybridized carbons (Fsp3) is 0.258. The van der Waals surface area contributed by atoms with Gasteiger partial charge in [-0.25, -0.2) is 4.98 Å². The van der Waals surface area contributed by atoms with Crippen molar-refractivity contribution in [2.24, 2.45) is 5.92 Å². The average molecular weight is 493 g/mol. The van der Waals surface area contributed by atoms with Crippen LogP contribution < -0.4 is 10.6 Å². The first kappa shape index (κ1) is 24.7. The summed E-state index contributed by atoms with van der Waals surface area (Å²) in [5, 5.41) is 5.90. The zero-order valence-corrected chi connectivity index (χ0v) is 21.3. The number of aromatic nitrogens is 2. The number of aryl methyl sites for hydroxylation is 2. The molecule has 1 aliphatic heterocycles. The van der Waals surface area contributed by atoms with E-state index >= 15 is 0 Å². The van der Waals surface area contributed by atoms with Crippen molar-refractivity contribution in [3.8, 4) is 16.8 Å². The molecule has 0 spiro atoms. The van der Waals surface area contributed by atoms with Gasteiger partial charge in [-0.05, 0) is 93.1 Å². The third-order valence-electron chi connectivity index (χ3n) is 7.00. The Labute approximate surface area is 217 Å². The topological polar surface area (TPSA) is 76.0 Å². The van der Waals surface area contributed by atoms with Crippen LogP contribution in [0.2, 0.25) is 0 Å². The van der Waals surface area contributed by atoms with Crippen molar-refractivity contribution in [3.05, 3.63) is 107 Å². The Morgan fingerprint density at radius 3 is 2.24 bits per heavy atom. The summed E-state index contributed by atoms with van der Waals surface area (Å²) >= 11 is 0. The van der Waals surface area contributed by atoms with Crippen LogP contribution in [0.3, 0.4) is 0 Å². The molecule has 6 heteroatoms. The van der Waals surface area contributed by atoms with Gasteiger partial charge in [0, 0.05) is 11.3 Å². The van der Waals surface area contributed by atoms with Gasteiger partial charge < -0.3 is 5.32 Å². The molecule has 2 amide bonds. The highest BCUT2D eigenvalue weighted by Crippen LogP contribution is 2.24. The van der Waals surface area contributed by atoms with Crippen LogP contribution in [-0.4, -0.2) is 34.5 Å². The molecule has 1 aromatic heterocycles. The molecule has 188 valence electrons. The van der Waals surface area contributed by atoms with E-state index < -0.39 is 11.8 Å². The lowest BCUT2D eigenvalue weighted by atomic mass is 9.91. The molecule has 1 fully saturated rings. The second-order valence-corrected chi connectivity index (χ2v) is 9.95. The van der Waals surface area contributed by atoms with Crippen molar-refractivity contribution in [2.75, 3.05) is 13.1 Å². The maximum absolute atomic E-state index is 13.0. The minimum Gasteiger partial charge on any atom is -0.317 e. The van der Waals surface area contributed by atoms with Crippen molar-refractivity contribution >= 4 is 11.8 Å². The van der Waals surface area contributed by atoms with E-state index in [9.17, 15) is 9.59 Å². The van der Waals surface area contributed by atoms with E-state index in [-0.39, 0.29) is 0 Å². The Balaban J connectivity index is 1.25. The van der Waals surface area contributed by atoms with E-state index in [1.54, 1.807) is 23.0 Å². The number of nitrogens with one attached hydrogen (secondary N) is 2. The SMILES string of the molecule is Cc1cc(C)cc(-c2ccc(-n3cncc3C(=O)NC(=O)c3ccc(CC4CCNCC4)cc3)cc2)c1. The molecule has 3 aromatic carbocycles. The molecule has 2 N–H and O–H groups in total. The average Bonchev–Trinajstić information content (AvgIpc) is 3.40. The van der Waals surface area contributed by atoms with E-state index in [0.717, 1.165) is 36.3 Å². The number of carbonyl (C=O) groups excluding carboxylic acids is 2. The lowest BCUT2D eigenvalue weighted by molar-refractivity contribution is 0.0845. The van der Waals surface area contributed by atoms with Gasteiger partial charge in [-0.1, -0.05) is 53.6 Å². The highest BCUT2D eigenvalue weighted by Gasteiger charge is 2.18. The Bertz CT molecular complexity index is 1380. The molecule has 0 saturated carbocycles. The summed E-state index contributed by atoms with van der Waals surface area (Å²) in [4.78, 5) is 29.9. The number of amides is 2. The number of hydrogen-bond acceptors (Lipinski definition) is 4. The predicted octanol–water partition coefficient (Wildman–Crippen LogP) is 5.27. The maximum atomic E-state index is 13.0. The number of imidazole rings is 1. The summed E-state index contributed by atoms with van der Waals surface area (Å²) in [7, 11) is 0. The Morgan fingerprint density at radius 2 is 1.57 bits per heavy atom. The van der Waals surface area contributed by atoms with Crippen molar-refractivity contribution < 1.29 is 9.59 Å². The number of carbonyl (C=O) groups is 2. The molecular weight excluding hydrogens is 460 g/mol. The standard InChI is InChI=1S/C31H32N4O2/c1-21-15-22(2)17-27(16-21)25-7-9-28(10-8-25)35-20-33-19-29(35)31(37)34-30(36)26-5-3-23(4-6-26)18-24-11-13-32-14-12-24/h3-10,15-17,19-20,24,32H,11-14,18H2,1-2H3,(H,34,36,37).